The Bertz CT molecular complexity index is 542. The number of aromatic amines is 1. The van der Waals surface area contributed by atoms with Crippen molar-refractivity contribution in [2.75, 3.05) is 0 Å². The molecule has 0 atom stereocenters. The van der Waals surface area contributed by atoms with Crippen molar-refractivity contribution < 1.29 is 4.92 Å². The molecule has 0 radical (unpaired) electrons. The molecule has 0 aliphatic rings. The first-order valence-electron chi connectivity index (χ1n) is 4.44. The lowest BCUT2D eigenvalue weighted by Gasteiger charge is -1.90. The van der Waals surface area contributed by atoms with Gasteiger partial charge in [0.25, 0.3) is 0 Å². The van der Waals surface area contributed by atoms with Crippen LogP contribution in [0.15, 0.2) is 30.0 Å². The fraction of sp³-hybridized carbons (Fsp3) is 0.100. The van der Waals surface area contributed by atoms with Gasteiger partial charge in [0.05, 0.1) is 16.1 Å². The number of hydrogen-bond donors (Lipinski definition) is 1. The van der Waals surface area contributed by atoms with E-state index < -0.39 is 4.92 Å². The van der Waals surface area contributed by atoms with Crippen LogP contribution >= 0.6 is 0 Å². The molecule has 2 aromatic rings. The number of fused-ring (bicyclic) bond motifs is 1. The minimum atomic E-state index is -0.421. The predicted octanol–water partition coefficient (Wildman–Crippen LogP) is 2.20. The minimum Gasteiger partial charge on any atom is -0.277 e. The molecular weight excluding hydrogens is 194 g/mol. The average Bonchev–Trinajstić information content (AvgIpc) is 2.62. The van der Waals surface area contributed by atoms with Crippen LogP contribution in [-0.2, 0) is 0 Å². The molecule has 0 amide bonds. The number of hydrogen-bond acceptors (Lipinski definition) is 3. The van der Waals surface area contributed by atoms with Crippen LogP contribution in [-0.4, -0.2) is 15.1 Å². The van der Waals surface area contributed by atoms with Gasteiger partial charge in [0.1, 0.15) is 0 Å². The third-order valence-corrected chi connectivity index (χ3v) is 2.13. The van der Waals surface area contributed by atoms with Crippen LogP contribution in [0.3, 0.4) is 0 Å². The van der Waals surface area contributed by atoms with E-state index in [9.17, 15) is 10.1 Å². The monoisotopic (exact) mass is 203 g/mol. The largest absolute Gasteiger partial charge is 0.277 e. The van der Waals surface area contributed by atoms with Gasteiger partial charge in [-0.2, -0.15) is 5.10 Å². The zero-order valence-electron chi connectivity index (χ0n) is 8.10. The molecule has 0 fully saturated rings. The van der Waals surface area contributed by atoms with E-state index in [0.29, 0.717) is 5.69 Å². The molecular formula is C10H9N3O2. The molecule has 0 unspecified atom stereocenters. The van der Waals surface area contributed by atoms with Gasteiger partial charge in [-0.05, 0) is 6.07 Å². The van der Waals surface area contributed by atoms with E-state index in [0.717, 1.165) is 10.9 Å². The molecule has 0 aliphatic heterocycles. The second-order valence-electron chi connectivity index (χ2n) is 3.20. The van der Waals surface area contributed by atoms with E-state index in [1.165, 1.54) is 13.0 Å². The molecule has 0 saturated carbocycles. The normalized spacial score (nSPS) is 11.9. The lowest BCUT2D eigenvalue weighted by molar-refractivity contribution is -0.422. The van der Waals surface area contributed by atoms with Gasteiger partial charge in [-0.25, -0.2) is 0 Å². The van der Waals surface area contributed by atoms with Crippen molar-refractivity contribution in [1.29, 1.82) is 0 Å². The van der Waals surface area contributed by atoms with Crippen LogP contribution < -0.4 is 0 Å². The highest BCUT2D eigenvalue weighted by atomic mass is 16.6. The second-order valence-corrected chi connectivity index (χ2v) is 3.20. The molecule has 76 valence electrons. The molecule has 1 N–H and O–H groups in total. The van der Waals surface area contributed by atoms with Crippen molar-refractivity contribution in [3.63, 3.8) is 0 Å². The van der Waals surface area contributed by atoms with Gasteiger partial charge < -0.3 is 0 Å². The van der Waals surface area contributed by atoms with Crippen LogP contribution in [0.5, 0.6) is 0 Å². The Kier molecular flexibility index (Phi) is 2.21. The topological polar surface area (TPSA) is 71.8 Å². The maximum atomic E-state index is 10.5. The maximum Gasteiger partial charge on any atom is 0.245 e. The van der Waals surface area contributed by atoms with E-state index in [4.69, 9.17) is 0 Å². The van der Waals surface area contributed by atoms with Crippen molar-refractivity contribution in [3.8, 4) is 0 Å². The summed E-state index contributed by atoms with van der Waals surface area (Å²) in [6.45, 7) is 1.45. The average molecular weight is 203 g/mol. The van der Waals surface area contributed by atoms with Gasteiger partial charge in [-0.3, -0.25) is 15.2 Å². The number of aromatic nitrogens is 2. The van der Waals surface area contributed by atoms with Crippen LogP contribution in [0, 0.1) is 10.1 Å². The number of nitrogens with one attached hydrogen (secondary N) is 1. The number of allylic oxidation sites excluding steroid dienone is 1. The van der Waals surface area contributed by atoms with Crippen molar-refractivity contribution in [1.82, 2.24) is 10.2 Å². The van der Waals surface area contributed by atoms with E-state index in [1.807, 2.05) is 24.3 Å². The van der Waals surface area contributed by atoms with Crippen molar-refractivity contribution in [2.45, 2.75) is 6.92 Å². The molecule has 0 bridgehead atoms. The summed E-state index contributed by atoms with van der Waals surface area (Å²) in [6.07, 6.45) is 1.48. The van der Waals surface area contributed by atoms with E-state index in [2.05, 4.69) is 10.2 Å². The van der Waals surface area contributed by atoms with Gasteiger partial charge in [0.15, 0.2) is 0 Å². The summed E-state index contributed by atoms with van der Waals surface area (Å²) < 4.78 is 0. The van der Waals surface area contributed by atoms with Crippen LogP contribution in [0.25, 0.3) is 17.0 Å². The highest BCUT2D eigenvalue weighted by molar-refractivity contribution is 5.86. The van der Waals surface area contributed by atoms with Crippen LogP contribution in [0.1, 0.15) is 12.6 Å². The molecule has 0 spiro atoms. The van der Waals surface area contributed by atoms with E-state index in [-0.39, 0.29) is 5.70 Å². The number of nitrogens with zero attached hydrogens (tertiary/aromatic N) is 2. The highest BCUT2D eigenvalue weighted by Gasteiger charge is 2.06. The van der Waals surface area contributed by atoms with Gasteiger partial charge in [-0.1, -0.05) is 18.2 Å². The summed E-state index contributed by atoms with van der Waals surface area (Å²) in [4.78, 5) is 10.0. The number of benzene rings is 1. The molecule has 1 aromatic heterocycles. The van der Waals surface area contributed by atoms with Crippen molar-refractivity contribution in [2.24, 2.45) is 0 Å². The summed E-state index contributed by atoms with van der Waals surface area (Å²) in [7, 11) is 0. The summed E-state index contributed by atoms with van der Waals surface area (Å²) in [5.41, 5.74) is 1.56. The second kappa shape index (κ2) is 3.53. The Labute approximate surface area is 85.6 Å². The molecule has 1 heterocycles. The minimum absolute atomic E-state index is 0.0874. The molecule has 0 aliphatic carbocycles. The van der Waals surface area contributed by atoms with Crippen LogP contribution in [0.4, 0.5) is 0 Å². The lowest BCUT2D eigenvalue weighted by atomic mass is 10.2. The predicted molar refractivity (Wildman–Crippen MR) is 56.7 cm³/mol. The Morgan fingerprint density at radius 1 is 1.53 bits per heavy atom. The fourth-order valence-corrected chi connectivity index (χ4v) is 1.35. The smallest absolute Gasteiger partial charge is 0.245 e. The van der Waals surface area contributed by atoms with Gasteiger partial charge in [0.2, 0.25) is 5.70 Å². The summed E-state index contributed by atoms with van der Waals surface area (Å²) in [5.74, 6) is 0. The summed E-state index contributed by atoms with van der Waals surface area (Å²) in [5, 5.41) is 18.2. The third kappa shape index (κ3) is 1.71. The quantitative estimate of drug-likeness (QED) is 0.600. The van der Waals surface area contributed by atoms with Crippen molar-refractivity contribution >= 4 is 17.0 Å². The molecule has 5 nitrogen and oxygen atoms in total. The summed E-state index contributed by atoms with van der Waals surface area (Å²) >= 11 is 0. The SMILES string of the molecule is CC(=Cc1[nH]nc2ccccc12)[N+](=O)[O-]. The Morgan fingerprint density at radius 3 is 3.00 bits per heavy atom. The van der Waals surface area contributed by atoms with E-state index >= 15 is 0 Å². The molecule has 5 heteroatoms. The van der Waals surface area contributed by atoms with Crippen LogP contribution in [0.2, 0.25) is 0 Å². The third-order valence-electron chi connectivity index (χ3n) is 2.13. The number of rotatable bonds is 2. The van der Waals surface area contributed by atoms with E-state index in [1.54, 1.807) is 0 Å². The standard InChI is InChI=1S/C10H9N3O2/c1-7(13(14)15)6-10-8-4-2-3-5-9(8)11-12-10/h2-6H,1H3,(H,11,12). The molecule has 2 rings (SSSR count). The van der Waals surface area contributed by atoms with Gasteiger partial charge in [-0.15, -0.1) is 0 Å². The molecule has 15 heavy (non-hydrogen) atoms. The first kappa shape index (κ1) is 9.39. The molecule has 1 aromatic carbocycles. The van der Waals surface area contributed by atoms with Gasteiger partial charge >= 0.3 is 0 Å². The Morgan fingerprint density at radius 2 is 2.27 bits per heavy atom. The fourth-order valence-electron chi connectivity index (χ4n) is 1.35. The number of nitro groups is 1. The Hall–Kier alpha value is -2.17. The number of H-pyrrole nitrogens is 1. The number of para-hydroxylation sites is 1. The Balaban J connectivity index is 2.54. The first-order valence-corrected chi connectivity index (χ1v) is 4.44. The summed E-state index contributed by atoms with van der Waals surface area (Å²) in [6, 6.07) is 7.47. The zero-order chi connectivity index (χ0) is 10.8. The van der Waals surface area contributed by atoms with Crippen molar-refractivity contribution in [3.05, 3.63) is 45.8 Å². The zero-order valence-corrected chi connectivity index (χ0v) is 8.10. The maximum absolute atomic E-state index is 10.5. The lowest BCUT2D eigenvalue weighted by Crippen LogP contribution is -1.93. The van der Waals surface area contributed by atoms with Gasteiger partial charge in [0, 0.05) is 18.4 Å². The first-order chi connectivity index (χ1) is 7.18. The highest BCUT2D eigenvalue weighted by Crippen LogP contribution is 2.17. The molecule has 0 saturated heterocycles.